The molecule has 0 atom stereocenters. The van der Waals surface area contributed by atoms with Crippen molar-refractivity contribution in [3.63, 3.8) is 0 Å². The summed E-state index contributed by atoms with van der Waals surface area (Å²) in [5, 5.41) is 4.19. The topological polar surface area (TPSA) is 39.8 Å². The Morgan fingerprint density at radius 2 is 0.865 bits per heavy atom. The van der Waals surface area contributed by atoms with Gasteiger partial charge in [0.05, 0.1) is 0 Å². The molecular weight excluding hydrogens is 576 g/mol. The molecule has 3 aromatic carbocycles. The Kier molecular flexibility index (Phi) is 20.6. The quantitative estimate of drug-likeness (QED) is 0.0681. The van der Waals surface area contributed by atoms with Gasteiger partial charge < -0.3 is 0 Å². The molecule has 201 valence electrons. The average molecular weight is 600 g/mol. The summed E-state index contributed by atoms with van der Waals surface area (Å²) in [6, 6.07) is 32.3. The summed E-state index contributed by atoms with van der Waals surface area (Å²) in [6.07, 6.45) is 7.54. The van der Waals surface area contributed by atoms with Crippen molar-refractivity contribution in [2.75, 3.05) is 0 Å². The first-order valence-corrected chi connectivity index (χ1v) is 13.2. The maximum Gasteiger partial charge on any atom is 0 e. The Morgan fingerprint density at radius 3 is 1.03 bits per heavy atom. The number of unbranched alkanes of at least 4 members (excludes halogenated alkanes) is 3. The number of benzene rings is 3. The van der Waals surface area contributed by atoms with E-state index in [0.29, 0.717) is 0 Å². The summed E-state index contributed by atoms with van der Waals surface area (Å²) in [6.45, 7) is 14.5. The normalized spacial score (nSPS) is 11.4. The van der Waals surface area contributed by atoms with Gasteiger partial charge in [0.1, 0.15) is 0 Å². The van der Waals surface area contributed by atoms with E-state index in [1.54, 1.807) is 6.42 Å². The second-order valence-electron chi connectivity index (χ2n) is 6.25. The molecule has 0 saturated heterocycles. The van der Waals surface area contributed by atoms with E-state index in [2.05, 4.69) is 111 Å². The third-order valence-corrected chi connectivity index (χ3v) is 5.93. The Bertz CT molecular complexity index is 871. The van der Waals surface area contributed by atoms with Crippen LogP contribution in [-0.2, 0) is 26.4 Å². The summed E-state index contributed by atoms with van der Waals surface area (Å²) in [4.78, 5) is 0. The Balaban J connectivity index is -0.000000539. The SMILES string of the molecule is F[P-](F)(F)(F)(F)F.[C-]#[O+].[C-]#[O+].[CH2][CH][CH][CH][CH]C.[Fe].c1ccc(P(c2ccccc2)c2ccccc2)cc1. The summed E-state index contributed by atoms with van der Waals surface area (Å²) in [5.41, 5.74) is 0. The van der Waals surface area contributed by atoms with E-state index in [0.717, 1.165) is 0 Å². The summed E-state index contributed by atoms with van der Waals surface area (Å²) >= 11 is 0. The third kappa shape index (κ3) is 25.5. The minimum absolute atomic E-state index is 0. The summed E-state index contributed by atoms with van der Waals surface area (Å²) in [7, 11) is -11.1. The van der Waals surface area contributed by atoms with Gasteiger partial charge in [-0.1, -0.05) is 97.9 Å². The smallest absolute Gasteiger partial charge is 0 e. The monoisotopic (exact) mass is 600 g/mol. The fraction of sp³-hybridized carbons (Fsp3) is 0.0385. The molecule has 2 nitrogen and oxygen atoms in total. The van der Waals surface area contributed by atoms with E-state index in [4.69, 9.17) is 9.30 Å². The van der Waals surface area contributed by atoms with Gasteiger partial charge in [0.25, 0.3) is 0 Å². The van der Waals surface area contributed by atoms with E-state index in [9.17, 15) is 25.2 Å². The Morgan fingerprint density at radius 1 is 0.622 bits per heavy atom. The average Bonchev–Trinajstić information content (AvgIpc) is 2.86. The molecule has 0 aromatic heterocycles. The van der Waals surface area contributed by atoms with Crippen molar-refractivity contribution >= 4 is 31.6 Å². The van der Waals surface area contributed by atoms with Crippen LogP contribution in [0.25, 0.3) is 0 Å². The van der Waals surface area contributed by atoms with Gasteiger partial charge in [-0.3, -0.25) is 0 Å². The largest absolute Gasteiger partial charge is 0.0622 e. The number of halogens is 6. The van der Waals surface area contributed by atoms with Crippen LogP contribution in [0.3, 0.4) is 0 Å². The molecule has 37 heavy (non-hydrogen) atoms. The van der Waals surface area contributed by atoms with E-state index in [1.807, 2.05) is 26.2 Å². The van der Waals surface area contributed by atoms with Crippen LogP contribution in [0.2, 0.25) is 0 Å². The first-order valence-electron chi connectivity index (χ1n) is 9.81. The molecule has 5 radical (unpaired) electrons. The molecule has 11 heteroatoms. The second-order valence-corrected chi connectivity index (χ2v) is 10.4. The molecule has 3 aromatic rings. The van der Waals surface area contributed by atoms with Crippen LogP contribution in [0.4, 0.5) is 25.2 Å². The van der Waals surface area contributed by atoms with Crippen LogP contribution in [0.5, 0.6) is 0 Å². The van der Waals surface area contributed by atoms with Gasteiger partial charge in [-0.25, -0.2) is 0 Å². The molecule has 0 saturated carbocycles. The zero-order valence-corrected chi connectivity index (χ0v) is 22.4. The van der Waals surface area contributed by atoms with Crippen molar-refractivity contribution in [1.82, 2.24) is 0 Å². The van der Waals surface area contributed by atoms with Crippen LogP contribution in [-0.4, -0.2) is 0 Å². The van der Waals surface area contributed by atoms with Crippen LogP contribution < -0.4 is 15.9 Å². The second kappa shape index (κ2) is 19.2. The van der Waals surface area contributed by atoms with Crippen LogP contribution in [0.1, 0.15) is 6.92 Å². The Hall–Kier alpha value is -1.90. The maximum absolute atomic E-state index is 10.7. The first-order chi connectivity index (χ1) is 16.8. The zero-order chi connectivity index (χ0) is 28.2. The standard InChI is InChI=1S/C18H15P.C6H9.2CO.F6P.Fe/c1-4-10-16(11-5-1)19(17-12-6-2-7-13-17)18-14-8-3-9-15-18;1-3-5-6-4-2;2*1-2;1-7(2,3,4,5)6;/h1-15H;3-6H,1H2,2H3;;;;/q;;;;-1;. The molecule has 0 unspecified atom stereocenters. The zero-order valence-electron chi connectivity index (χ0n) is 19.5. The fourth-order valence-electron chi connectivity index (χ4n) is 2.37. The van der Waals surface area contributed by atoms with Crippen molar-refractivity contribution in [1.29, 1.82) is 0 Å². The molecule has 0 amide bonds. The first kappa shape index (κ1) is 39.6. The predicted molar refractivity (Wildman–Crippen MR) is 135 cm³/mol. The van der Waals surface area contributed by atoms with Crippen LogP contribution in [0.15, 0.2) is 91.0 Å². The van der Waals surface area contributed by atoms with Gasteiger partial charge in [-0.15, -0.1) is 0 Å². The predicted octanol–water partition coefficient (Wildman–Crippen LogP) is 8.41. The molecule has 0 aliphatic heterocycles. The molecule has 0 fully saturated rings. The minimum atomic E-state index is -10.7. The summed E-state index contributed by atoms with van der Waals surface area (Å²) in [5.74, 6) is 0. The van der Waals surface area contributed by atoms with Gasteiger partial charge in [-0.2, -0.15) is 0 Å². The van der Waals surface area contributed by atoms with Gasteiger partial charge >= 0.3 is 55.6 Å². The fourth-order valence-corrected chi connectivity index (χ4v) is 4.67. The van der Waals surface area contributed by atoms with Crippen molar-refractivity contribution in [3.8, 4) is 0 Å². The van der Waals surface area contributed by atoms with E-state index in [1.165, 1.54) is 15.9 Å². The van der Waals surface area contributed by atoms with Crippen molar-refractivity contribution < 1.29 is 51.6 Å². The van der Waals surface area contributed by atoms with E-state index >= 15 is 0 Å². The van der Waals surface area contributed by atoms with Gasteiger partial charge in [0.2, 0.25) is 0 Å². The number of hydrogen-bond donors (Lipinski definition) is 0. The third-order valence-electron chi connectivity index (χ3n) is 3.48. The van der Waals surface area contributed by atoms with Gasteiger partial charge in [0, 0.05) is 17.1 Å². The summed E-state index contributed by atoms with van der Waals surface area (Å²) < 4.78 is 74.2. The van der Waals surface area contributed by atoms with Crippen molar-refractivity contribution in [2.24, 2.45) is 0 Å². The van der Waals surface area contributed by atoms with Crippen molar-refractivity contribution in [3.05, 3.63) is 137 Å². The van der Waals surface area contributed by atoms with Crippen molar-refractivity contribution in [2.45, 2.75) is 6.92 Å². The van der Waals surface area contributed by atoms with Gasteiger partial charge in [0.15, 0.2) is 0 Å². The molecule has 0 N–H and O–H groups in total. The van der Waals surface area contributed by atoms with Crippen LogP contribution >= 0.6 is 15.7 Å². The van der Waals surface area contributed by atoms with Gasteiger partial charge in [-0.05, 0) is 56.4 Å². The number of rotatable bonds is 6. The molecular formula is C26H24F6FeO2P2-. The molecule has 0 heterocycles. The van der Waals surface area contributed by atoms with E-state index in [-0.39, 0.29) is 17.1 Å². The number of hydrogen-bond acceptors (Lipinski definition) is 0. The molecule has 0 aliphatic carbocycles. The van der Waals surface area contributed by atoms with E-state index < -0.39 is 15.7 Å². The molecule has 3 rings (SSSR count). The maximum atomic E-state index is 9.87. The molecule has 0 bridgehead atoms. The molecule has 0 aliphatic rings. The minimum Gasteiger partial charge on any atom is -0.0622 e. The Labute approximate surface area is 226 Å². The molecule has 0 spiro atoms. The van der Waals surface area contributed by atoms with Crippen LogP contribution in [0, 0.1) is 45.9 Å².